The van der Waals surface area contributed by atoms with E-state index in [0.717, 1.165) is 35.6 Å². The Bertz CT molecular complexity index is 714. The summed E-state index contributed by atoms with van der Waals surface area (Å²) in [5.74, 6) is 1.42. The summed E-state index contributed by atoms with van der Waals surface area (Å²) in [6, 6.07) is 9.16. The van der Waals surface area contributed by atoms with E-state index in [4.69, 9.17) is 9.47 Å². The highest BCUT2D eigenvalue weighted by molar-refractivity contribution is 5.53. The van der Waals surface area contributed by atoms with E-state index in [0.29, 0.717) is 0 Å². The largest absolute Gasteiger partial charge is 0.454 e. The lowest BCUT2D eigenvalue weighted by atomic mass is 9.87. The van der Waals surface area contributed by atoms with Crippen LogP contribution in [0.25, 0.3) is 0 Å². The first-order chi connectivity index (χ1) is 10.2. The molecule has 3 nitrogen and oxygen atoms in total. The molecule has 0 aliphatic carbocycles. The third-order valence-corrected chi connectivity index (χ3v) is 4.23. The lowest BCUT2D eigenvalue weighted by molar-refractivity contribution is 0.174. The Balaban J connectivity index is 1.83. The molecule has 0 amide bonds. The predicted octanol–water partition coefficient (Wildman–Crippen LogP) is 3.10. The summed E-state index contributed by atoms with van der Waals surface area (Å²) >= 11 is 0. The molecule has 4 rings (SSSR count). The molecular weight excluding hydrogens is 269 g/mol. The van der Waals surface area contributed by atoms with Crippen molar-refractivity contribution in [3.8, 4) is 11.5 Å². The van der Waals surface area contributed by atoms with Gasteiger partial charge in [-0.05, 0) is 59.9 Å². The Morgan fingerprint density at radius 3 is 2.71 bits per heavy atom. The van der Waals surface area contributed by atoms with Crippen molar-refractivity contribution in [1.82, 2.24) is 5.32 Å². The summed E-state index contributed by atoms with van der Waals surface area (Å²) in [6.07, 6.45) is 0.961. The SMILES string of the molecule is Cc1cc(F)ccc1C1NCCc2cc3c(cc21)OCO3. The summed E-state index contributed by atoms with van der Waals surface area (Å²) < 4.78 is 24.3. The fraction of sp³-hybridized carbons (Fsp3) is 0.294. The van der Waals surface area contributed by atoms with E-state index in [9.17, 15) is 4.39 Å². The Morgan fingerprint density at radius 1 is 1.10 bits per heavy atom. The molecule has 1 unspecified atom stereocenters. The number of hydrogen-bond acceptors (Lipinski definition) is 3. The first-order valence-corrected chi connectivity index (χ1v) is 7.14. The topological polar surface area (TPSA) is 30.5 Å². The molecule has 0 aromatic heterocycles. The zero-order chi connectivity index (χ0) is 14.4. The van der Waals surface area contributed by atoms with Gasteiger partial charge < -0.3 is 14.8 Å². The van der Waals surface area contributed by atoms with Gasteiger partial charge in [-0.25, -0.2) is 4.39 Å². The van der Waals surface area contributed by atoms with Gasteiger partial charge in [0.1, 0.15) is 5.82 Å². The minimum Gasteiger partial charge on any atom is -0.454 e. The predicted molar refractivity (Wildman–Crippen MR) is 77.3 cm³/mol. The van der Waals surface area contributed by atoms with Crippen molar-refractivity contribution in [2.45, 2.75) is 19.4 Å². The van der Waals surface area contributed by atoms with Crippen LogP contribution in [-0.4, -0.2) is 13.3 Å². The van der Waals surface area contributed by atoms with E-state index >= 15 is 0 Å². The second-order valence-corrected chi connectivity index (χ2v) is 5.54. The lowest BCUT2D eigenvalue weighted by Gasteiger charge is -2.28. The second kappa shape index (κ2) is 4.74. The van der Waals surface area contributed by atoms with Crippen LogP contribution in [-0.2, 0) is 6.42 Å². The van der Waals surface area contributed by atoms with Gasteiger partial charge in [0.05, 0.1) is 6.04 Å². The van der Waals surface area contributed by atoms with E-state index in [1.54, 1.807) is 6.07 Å². The molecule has 21 heavy (non-hydrogen) atoms. The Kier molecular flexibility index (Phi) is 2.86. The average molecular weight is 285 g/mol. The number of rotatable bonds is 1. The smallest absolute Gasteiger partial charge is 0.231 e. The van der Waals surface area contributed by atoms with Crippen molar-refractivity contribution in [2.75, 3.05) is 13.3 Å². The molecule has 2 aromatic rings. The Hall–Kier alpha value is -2.07. The highest BCUT2D eigenvalue weighted by Gasteiger charge is 2.26. The van der Waals surface area contributed by atoms with Crippen LogP contribution in [0.2, 0.25) is 0 Å². The molecule has 0 saturated carbocycles. The second-order valence-electron chi connectivity index (χ2n) is 5.54. The van der Waals surface area contributed by atoms with Gasteiger partial charge in [0, 0.05) is 6.54 Å². The molecule has 2 aromatic carbocycles. The molecule has 0 bridgehead atoms. The highest BCUT2D eigenvalue weighted by atomic mass is 19.1. The third kappa shape index (κ3) is 2.07. The van der Waals surface area contributed by atoms with Crippen LogP contribution in [0.1, 0.15) is 28.3 Å². The zero-order valence-corrected chi connectivity index (χ0v) is 11.8. The number of nitrogens with one attached hydrogen (secondary N) is 1. The van der Waals surface area contributed by atoms with E-state index in [1.807, 2.05) is 13.0 Å². The van der Waals surface area contributed by atoms with Crippen LogP contribution in [0.15, 0.2) is 30.3 Å². The quantitative estimate of drug-likeness (QED) is 0.873. The van der Waals surface area contributed by atoms with E-state index < -0.39 is 0 Å². The maximum absolute atomic E-state index is 13.3. The van der Waals surface area contributed by atoms with Crippen LogP contribution < -0.4 is 14.8 Å². The molecule has 2 aliphatic heterocycles. The molecular formula is C17H16FNO2. The first kappa shape index (κ1) is 12.7. The van der Waals surface area contributed by atoms with Gasteiger partial charge in [-0.15, -0.1) is 0 Å². The number of ether oxygens (including phenoxy) is 2. The third-order valence-electron chi connectivity index (χ3n) is 4.23. The molecule has 108 valence electrons. The van der Waals surface area contributed by atoms with E-state index in [2.05, 4.69) is 17.4 Å². The Labute approximate surface area is 122 Å². The maximum Gasteiger partial charge on any atom is 0.231 e. The summed E-state index contributed by atoms with van der Waals surface area (Å²) in [5, 5.41) is 3.52. The van der Waals surface area contributed by atoms with Crippen LogP contribution >= 0.6 is 0 Å². The number of fused-ring (bicyclic) bond motifs is 2. The molecule has 1 N–H and O–H groups in total. The number of aryl methyl sites for hydroxylation is 1. The minimum absolute atomic E-state index is 0.0730. The minimum atomic E-state index is -0.196. The molecule has 4 heteroatoms. The van der Waals surface area contributed by atoms with Crippen molar-refractivity contribution in [3.05, 3.63) is 58.4 Å². The number of halogens is 1. The van der Waals surface area contributed by atoms with E-state index in [-0.39, 0.29) is 18.7 Å². The van der Waals surface area contributed by atoms with Crippen molar-refractivity contribution in [1.29, 1.82) is 0 Å². The molecule has 0 spiro atoms. The first-order valence-electron chi connectivity index (χ1n) is 7.14. The fourth-order valence-corrected chi connectivity index (χ4v) is 3.19. The number of hydrogen-bond donors (Lipinski definition) is 1. The monoisotopic (exact) mass is 285 g/mol. The average Bonchev–Trinajstić information content (AvgIpc) is 2.92. The van der Waals surface area contributed by atoms with E-state index in [1.165, 1.54) is 17.2 Å². The molecule has 2 heterocycles. The molecule has 2 aliphatic rings. The summed E-state index contributed by atoms with van der Waals surface area (Å²) in [7, 11) is 0. The standard InChI is InChI=1S/C17H16FNO2/c1-10-6-12(18)2-3-13(10)17-14-8-16-15(20-9-21-16)7-11(14)4-5-19-17/h2-3,6-8,17,19H,4-5,9H2,1H3. The lowest BCUT2D eigenvalue weighted by Crippen LogP contribution is -2.31. The van der Waals surface area contributed by atoms with Gasteiger partial charge in [0.2, 0.25) is 6.79 Å². The fourth-order valence-electron chi connectivity index (χ4n) is 3.19. The summed E-state index contributed by atoms with van der Waals surface area (Å²) in [4.78, 5) is 0. The van der Waals surface area contributed by atoms with Crippen LogP contribution in [0.3, 0.4) is 0 Å². The molecule has 0 fully saturated rings. The number of benzene rings is 2. The molecule has 0 saturated heterocycles. The van der Waals surface area contributed by atoms with Crippen molar-refractivity contribution >= 4 is 0 Å². The van der Waals surface area contributed by atoms with Crippen molar-refractivity contribution < 1.29 is 13.9 Å². The van der Waals surface area contributed by atoms with Gasteiger partial charge in [0.25, 0.3) is 0 Å². The van der Waals surface area contributed by atoms with Crippen molar-refractivity contribution in [2.24, 2.45) is 0 Å². The maximum atomic E-state index is 13.3. The van der Waals surface area contributed by atoms with Gasteiger partial charge in [0.15, 0.2) is 11.5 Å². The van der Waals surface area contributed by atoms with Crippen LogP contribution in [0.5, 0.6) is 11.5 Å². The molecule has 0 radical (unpaired) electrons. The van der Waals surface area contributed by atoms with Gasteiger partial charge >= 0.3 is 0 Å². The molecule has 1 atom stereocenters. The van der Waals surface area contributed by atoms with Gasteiger partial charge in [-0.2, -0.15) is 0 Å². The van der Waals surface area contributed by atoms with Gasteiger partial charge in [-0.3, -0.25) is 0 Å². The van der Waals surface area contributed by atoms with Crippen molar-refractivity contribution in [3.63, 3.8) is 0 Å². The zero-order valence-electron chi connectivity index (χ0n) is 11.8. The Morgan fingerprint density at radius 2 is 1.90 bits per heavy atom. The van der Waals surface area contributed by atoms with Crippen LogP contribution in [0, 0.1) is 12.7 Å². The highest BCUT2D eigenvalue weighted by Crippen LogP contribution is 2.40. The van der Waals surface area contributed by atoms with Gasteiger partial charge in [-0.1, -0.05) is 6.07 Å². The summed E-state index contributed by atoms with van der Waals surface area (Å²) in [5.41, 5.74) is 4.53. The summed E-state index contributed by atoms with van der Waals surface area (Å²) in [6.45, 7) is 3.13. The normalized spacial score (nSPS) is 19.4. The van der Waals surface area contributed by atoms with Crippen LogP contribution in [0.4, 0.5) is 4.39 Å².